The molecule has 2 N–H and O–H groups in total. The van der Waals surface area contributed by atoms with Crippen LogP contribution in [0.1, 0.15) is 42.9 Å². The van der Waals surface area contributed by atoms with Crippen molar-refractivity contribution in [1.29, 1.82) is 0 Å². The predicted molar refractivity (Wildman–Crippen MR) is 136 cm³/mol. The highest BCUT2D eigenvalue weighted by Gasteiger charge is 2.41. The van der Waals surface area contributed by atoms with Crippen molar-refractivity contribution in [2.24, 2.45) is 5.41 Å². The number of pyridine rings is 1. The van der Waals surface area contributed by atoms with E-state index in [0.717, 1.165) is 0 Å². The van der Waals surface area contributed by atoms with Crippen molar-refractivity contribution < 1.29 is 32.9 Å². The van der Waals surface area contributed by atoms with Crippen LogP contribution in [0.4, 0.5) is 13.2 Å². The maximum atomic E-state index is 13.8. The zero-order valence-corrected chi connectivity index (χ0v) is 21.4. The fourth-order valence-electron chi connectivity index (χ4n) is 4.80. The molecule has 1 fully saturated rings. The Hall–Kier alpha value is -3.32. The number of carboxylic acid groups (broad SMARTS) is 1. The molecule has 0 radical (unpaired) electrons. The minimum Gasteiger partial charge on any atom is -0.497 e. The van der Waals surface area contributed by atoms with Gasteiger partial charge < -0.3 is 14.9 Å². The van der Waals surface area contributed by atoms with E-state index in [1.54, 1.807) is 18.2 Å². The van der Waals surface area contributed by atoms with Crippen LogP contribution in [0.3, 0.4) is 0 Å². The summed E-state index contributed by atoms with van der Waals surface area (Å²) in [5.41, 5.74) is -0.444. The van der Waals surface area contributed by atoms with Crippen LogP contribution in [0.15, 0.2) is 36.5 Å². The van der Waals surface area contributed by atoms with Crippen LogP contribution in [0.25, 0.3) is 10.9 Å². The third-order valence-corrected chi connectivity index (χ3v) is 7.39. The normalized spacial score (nSPS) is 16.1. The number of nitrogens with zero attached hydrogens (tertiary/aromatic N) is 2. The third-order valence-electron chi connectivity index (χ3n) is 7.09. The average Bonchev–Trinajstić information content (AvgIpc) is 2.89. The van der Waals surface area contributed by atoms with E-state index in [1.807, 2.05) is 4.90 Å². The summed E-state index contributed by atoms with van der Waals surface area (Å²) in [6.45, 7) is 0.984. The highest BCUT2D eigenvalue weighted by atomic mass is 35.5. The Bertz CT molecular complexity index is 1390. The molecule has 1 aliphatic heterocycles. The molecule has 1 aliphatic rings. The van der Waals surface area contributed by atoms with Crippen molar-refractivity contribution in [2.45, 2.75) is 31.8 Å². The highest BCUT2D eigenvalue weighted by molar-refractivity contribution is 6.32. The summed E-state index contributed by atoms with van der Waals surface area (Å²) in [5.74, 6) is 1.56. The Morgan fingerprint density at radius 2 is 1.89 bits per heavy atom. The van der Waals surface area contributed by atoms with Crippen LogP contribution in [0.2, 0.25) is 5.02 Å². The smallest absolute Gasteiger partial charge is 0.309 e. The van der Waals surface area contributed by atoms with E-state index in [-0.39, 0.29) is 24.4 Å². The number of piperidine rings is 1. The quantitative estimate of drug-likeness (QED) is 0.389. The number of aliphatic carboxylic acids is 1. The molecule has 3 aromatic rings. The highest BCUT2D eigenvalue weighted by Crippen LogP contribution is 2.41. The number of fused-ring (bicyclic) bond motifs is 1. The number of benzene rings is 2. The molecule has 2 aromatic carbocycles. The van der Waals surface area contributed by atoms with Crippen LogP contribution in [0, 0.1) is 34.7 Å². The second-order valence-corrected chi connectivity index (χ2v) is 9.77. The van der Waals surface area contributed by atoms with Crippen LogP contribution >= 0.6 is 11.6 Å². The topological polar surface area (TPSA) is 82.9 Å². The number of likely N-dealkylation sites (tertiary alicyclic amines) is 1. The van der Waals surface area contributed by atoms with E-state index >= 15 is 0 Å². The lowest BCUT2D eigenvalue weighted by atomic mass is 9.74. The van der Waals surface area contributed by atoms with Crippen molar-refractivity contribution >= 4 is 28.5 Å². The maximum absolute atomic E-state index is 13.8. The largest absolute Gasteiger partial charge is 0.497 e. The van der Waals surface area contributed by atoms with Crippen molar-refractivity contribution in [3.05, 3.63) is 70.1 Å². The van der Waals surface area contributed by atoms with Crippen LogP contribution in [0.5, 0.6) is 5.75 Å². The molecular formula is C28H26ClF3N2O4. The SMILES string of the molecule is COc1ccc2ncc(Cl)c([C@H](O)CCC3(C(=O)O)CCN(CC#Cc4c(F)cc(F)cc4F)CC3)c2c1. The fraction of sp³-hybridized carbons (Fsp3) is 0.357. The summed E-state index contributed by atoms with van der Waals surface area (Å²) in [7, 11) is 1.53. The van der Waals surface area contributed by atoms with Gasteiger partial charge in [0.2, 0.25) is 0 Å². The standard InChI is InChI=1S/C28H26ClF3N2O4/c1-38-18-4-5-24-20(15-18)26(21(29)16-33-24)25(35)6-7-28(27(36)37)8-11-34(12-9-28)10-2-3-19-22(31)13-17(30)14-23(19)32/h4-5,13-16,25,35H,6-12H2,1H3,(H,36,37)/t25-/m1/s1. The average molecular weight is 547 g/mol. The van der Waals surface area contributed by atoms with Crippen molar-refractivity contribution in [1.82, 2.24) is 9.88 Å². The van der Waals surface area contributed by atoms with Gasteiger partial charge in [-0.1, -0.05) is 23.4 Å². The molecule has 2 heterocycles. The number of aliphatic hydroxyl groups is 1. The molecule has 0 unspecified atom stereocenters. The second kappa shape index (κ2) is 11.6. The van der Waals surface area contributed by atoms with Gasteiger partial charge in [-0.15, -0.1) is 0 Å². The van der Waals surface area contributed by atoms with Gasteiger partial charge in [0.05, 0.1) is 41.3 Å². The first-order valence-electron chi connectivity index (χ1n) is 12.0. The Morgan fingerprint density at radius 1 is 1.21 bits per heavy atom. The lowest BCUT2D eigenvalue weighted by Gasteiger charge is -2.38. The monoisotopic (exact) mass is 546 g/mol. The summed E-state index contributed by atoms with van der Waals surface area (Å²) < 4.78 is 45.9. The van der Waals surface area contributed by atoms with Crippen molar-refractivity contribution in [3.63, 3.8) is 0 Å². The van der Waals surface area contributed by atoms with Gasteiger partial charge in [-0.05, 0) is 43.9 Å². The maximum Gasteiger partial charge on any atom is 0.309 e. The summed E-state index contributed by atoms with van der Waals surface area (Å²) in [6, 6.07) is 6.40. The Kier molecular flexibility index (Phi) is 8.46. The molecule has 1 atom stereocenters. The number of carboxylic acids is 1. The first kappa shape index (κ1) is 27.7. The molecule has 38 heavy (non-hydrogen) atoms. The molecule has 4 rings (SSSR count). The molecule has 10 heteroatoms. The van der Waals surface area contributed by atoms with E-state index in [2.05, 4.69) is 16.8 Å². The van der Waals surface area contributed by atoms with E-state index in [1.165, 1.54) is 13.3 Å². The summed E-state index contributed by atoms with van der Waals surface area (Å²) >= 11 is 6.39. The van der Waals surface area contributed by atoms with Gasteiger partial charge in [-0.25, -0.2) is 13.2 Å². The molecule has 6 nitrogen and oxygen atoms in total. The summed E-state index contributed by atoms with van der Waals surface area (Å²) in [6.07, 6.45) is 1.47. The predicted octanol–water partition coefficient (Wildman–Crippen LogP) is 5.35. The number of aliphatic hydroxyl groups excluding tert-OH is 1. The van der Waals surface area contributed by atoms with E-state index in [0.29, 0.717) is 60.3 Å². The minimum atomic E-state index is -1.07. The van der Waals surface area contributed by atoms with Crippen molar-refractivity contribution in [3.8, 4) is 17.6 Å². The third kappa shape index (κ3) is 5.88. The lowest BCUT2D eigenvalue weighted by molar-refractivity contribution is -0.153. The first-order valence-corrected chi connectivity index (χ1v) is 12.4. The molecule has 0 aliphatic carbocycles. The van der Waals surface area contributed by atoms with Gasteiger partial charge in [0.1, 0.15) is 23.2 Å². The molecule has 1 saturated heterocycles. The van der Waals surface area contributed by atoms with E-state index in [4.69, 9.17) is 16.3 Å². The zero-order valence-electron chi connectivity index (χ0n) is 20.6. The number of methoxy groups -OCH3 is 1. The van der Waals surface area contributed by atoms with Gasteiger partial charge in [-0.3, -0.25) is 14.7 Å². The molecular weight excluding hydrogens is 521 g/mol. The first-order chi connectivity index (χ1) is 18.1. The molecule has 0 amide bonds. The summed E-state index contributed by atoms with van der Waals surface area (Å²) in [5, 5.41) is 22.1. The van der Waals surface area contributed by atoms with Crippen LogP contribution < -0.4 is 4.74 Å². The van der Waals surface area contributed by atoms with Crippen molar-refractivity contribution in [2.75, 3.05) is 26.7 Å². The second-order valence-electron chi connectivity index (χ2n) is 9.37. The molecule has 0 spiro atoms. The number of hydrogen-bond acceptors (Lipinski definition) is 5. The van der Waals surface area contributed by atoms with E-state index < -0.39 is 40.5 Å². The number of carbonyl (C=O) groups is 1. The Morgan fingerprint density at radius 3 is 2.53 bits per heavy atom. The van der Waals surface area contributed by atoms with Crippen LogP contribution in [-0.4, -0.2) is 52.8 Å². The van der Waals surface area contributed by atoms with Crippen LogP contribution in [-0.2, 0) is 4.79 Å². The number of ether oxygens (including phenoxy) is 1. The number of hydrogen-bond donors (Lipinski definition) is 2. The molecule has 1 aromatic heterocycles. The fourth-order valence-corrected chi connectivity index (χ4v) is 5.08. The lowest BCUT2D eigenvalue weighted by Crippen LogP contribution is -2.44. The molecule has 200 valence electrons. The Balaban J connectivity index is 1.42. The van der Waals surface area contributed by atoms with Gasteiger partial charge in [-0.2, -0.15) is 0 Å². The van der Waals surface area contributed by atoms with Gasteiger partial charge >= 0.3 is 5.97 Å². The van der Waals surface area contributed by atoms with E-state index in [9.17, 15) is 28.2 Å². The molecule has 0 saturated carbocycles. The Labute approximate surface area is 223 Å². The number of halogens is 4. The number of rotatable bonds is 7. The van der Waals surface area contributed by atoms with Gasteiger partial charge in [0.15, 0.2) is 0 Å². The minimum absolute atomic E-state index is 0.172. The number of aromatic nitrogens is 1. The molecule has 0 bridgehead atoms. The van der Waals surface area contributed by atoms with Gasteiger partial charge in [0, 0.05) is 42.4 Å². The summed E-state index contributed by atoms with van der Waals surface area (Å²) in [4.78, 5) is 18.5. The van der Waals surface area contributed by atoms with Gasteiger partial charge in [0.25, 0.3) is 0 Å². The zero-order chi connectivity index (χ0) is 27.4.